The van der Waals surface area contributed by atoms with Gasteiger partial charge in [0.2, 0.25) is 0 Å². The van der Waals surface area contributed by atoms with Crippen molar-refractivity contribution < 1.29 is 14.7 Å². The summed E-state index contributed by atoms with van der Waals surface area (Å²) in [4.78, 5) is 20.5. The van der Waals surface area contributed by atoms with E-state index in [4.69, 9.17) is 5.11 Å². The fourth-order valence-corrected chi connectivity index (χ4v) is 1.24. The lowest BCUT2D eigenvalue weighted by molar-refractivity contribution is -0.120. The zero-order valence-electron chi connectivity index (χ0n) is 8.88. The van der Waals surface area contributed by atoms with Crippen LogP contribution in [0.1, 0.15) is 46.0 Å². The van der Waals surface area contributed by atoms with Gasteiger partial charge in [-0.15, -0.1) is 0 Å². The highest BCUT2D eigenvalue weighted by Gasteiger charge is 2.05. The van der Waals surface area contributed by atoms with Gasteiger partial charge in [-0.1, -0.05) is 6.42 Å². The van der Waals surface area contributed by atoms with Crippen molar-refractivity contribution >= 4 is 11.6 Å². The lowest BCUT2D eigenvalue weighted by atomic mass is 10.00. The van der Waals surface area contributed by atoms with E-state index in [1.54, 1.807) is 0 Å². The summed E-state index contributed by atoms with van der Waals surface area (Å²) in [5.74, 6) is 0.402. The topological polar surface area (TPSA) is 54.4 Å². The molecule has 0 unspecified atom stereocenters. The number of Topliss-reactive ketones (excluding diaryl/α,β-unsaturated/α-hetero) is 1. The quantitative estimate of drug-likeness (QED) is 0.520. The molecule has 0 amide bonds. The second-order valence-corrected chi connectivity index (χ2v) is 3.50. The van der Waals surface area contributed by atoms with Crippen molar-refractivity contribution in [3.63, 3.8) is 0 Å². The molecule has 0 saturated heterocycles. The van der Waals surface area contributed by atoms with Crippen molar-refractivity contribution in [1.82, 2.24) is 0 Å². The molecule has 1 aliphatic rings. The Balaban J connectivity index is 0.000000241. The molecule has 0 aromatic heterocycles. The molecule has 0 bridgehead atoms. The summed E-state index contributed by atoms with van der Waals surface area (Å²) in [5, 5.41) is 8.36. The van der Waals surface area contributed by atoms with Gasteiger partial charge in [-0.05, 0) is 26.7 Å². The normalized spacial score (nSPS) is 17.0. The van der Waals surface area contributed by atoms with E-state index in [9.17, 15) is 9.59 Å². The molecule has 0 spiro atoms. The molecule has 0 heterocycles. The molecule has 1 rings (SSSR count). The van der Waals surface area contributed by atoms with Gasteiger partial charge in [-0.3, -0.25) is 9.59 Å². The molecule has 14 heavy (non-hydrogen) atoms. The smallest absolute Gasteiger partial charge is 0.155 e. The number of rotatable bonds is 1. The molecule has 0 atom stereocenters. The van der Waals surface area contributed by atoms with E-state index in [1.807, 2.05) is 0 Å². The second kappa shape index (κ2) is 7.30. The summed E-state index contributed by atoms with van der Waals surface area (Å²) in [7, 11) is 0. The van der Waals surface area contributed by atoms with E-state index in [-0.39, 0.29) is 11.5 Å². The monoisotopic (exact) mass is 198 g/mol. The summed E-state index contributed by atoms with van der Waals surface area (Å²) in [6.07, 6.45) is 6.41. The van der Waals surface area contributed by atoms with Gasteiger partial charge in [0, 0.05) is 18.9 Å². The average Bonchev–Trinajstić information content (AvgIpc) is 2.03. The van der Waals surface area contributed by atoms with Gasteiger partial charge >= 0.3 is 0 Å². The highest BCUT2D eigenvalue weighted by Crippen LogP contribution is 2.12. The van der Waals surface area contributed by atoms with Crippen LogP contribution in [-0.2, 0) is 9.59 Å². The van der Waals surface area contributed by atoms with E-state index >= 15 is 0 Å². The van der Waals surface area contributed by atoms with E-state index in [0.717, 1.165) is 25.7 Å². The minimum atomic E-state index is -0.125. The van der Waals surface area contributed by atoms with Crippen LogP contribution in [-0.4, -0.2) is 16.7 Å². The molecule has 3 nitrogen and oxygen atoms in total. The third-order valence-electron chi connectivity index (χ3n) is 1.82. The molecule has 1 fully saturated rings. The first-order valence-electron chi connectivity index (χ1n) is 4.92. The summed E-state index contributed by atoms with van der Waals surface area (Å²) in [5.41, 5.74) is 0. The molecule has 1 aliphatic carbocycles. The highest BCUT2D eigenvalue weighted by molar-refractivity contribution is 5.87. The number of hydrogen-bond acceptors (Lipinski definition) is 3. The van der Waals surface area contributed by atoms with Crippen molar-refractivity contribution in [2.24, 2.45) is 0 Å². The zero-order valence-corrected chi connectivity index (χ0v) is 8.88. The predicted molar refractivity (Wildman–Crippen MR) is 55.2 cm³/mol. The summed E-state index contributed by atoms with van der Waals surface area (Å²) in [6, 6.07) is 0. The minimum Gasteiger partial charge on any atom is -0.512 e. The van der Waals surface area contributed by atoms with E-state index in [0.29, 0.717) is 5.78 Å². The van der Waals surface area contributed by atoms with Gasteiger partial charge in [0.15, 0.2) is 5.78 Å². The second-order valence-electron chi connectivity index (χ2n) is 3.50. The van der Waals surface area contributed by atoms with Gasteiger partial charge in [-0.2, -0.15) is 0 Å². The molecule has 1 N–H and O–H groups in total. The fourth-order valence-electron chi connectivity index (χ4n) is 1.24. The largest absolute Gasteiger partial charge is 0.512 e. The van der Waals surface area contributed by atoms with Crippen LogP contribution in [0.25, 0.3) is 0 Å². The molecular formula is C11H18O3. The lowest BCUT2D eigenvalue weighted by Gasteiger charge is -2.05. The first-order chi connectivity index (χ1) is 6.52. The van der Waals surface area contributed by atoms with Crippen molar-refractivity contribution in [3.8, 4) is 0 Å². The fraction of sp³-hybridized carbons (Fsp3) is 0.636. The minimum absolute atomic E-state index is 0.0625. The van der Waals surface area contributed by atoms with Crippen LogP contribution in [0.2, 0.25) is 0 Å². The van der Waals surface area contributed by atoms with Gasteiger partial charge < -0.3 is 5.11 Å². The van der Waals surface area contributed by atoms with E-state index < -0.39 is 0 Å². The Kier molecular flexibility index (Phi) is 6.72. The van der Waals surface area contributed by atoms with Crippen LogP contribution in [0, 0.1) is 0 Å². The van der Waals surface area contributed by atoms with Crippen molar-refractivity contribution in [1.29, 1.82) is 0 Å². The zero-order chi connectivity index (χ0) is 11.0. The maximum Gasteiger partial charge on any atom is 0.155 e. The summed E-state index contributed by atoms with van der Waals surface area (Å²) >= 11 is 0. The summed E-state index contributed by atoms with van der Waals surface area (Å²) < 4.78 is 0. The van der Waals surface area contributed by atoms with Crippen LogP contribution in [0.4, 0.5) is 0 Å². The Morgan fingerprint density at radius 2 is 1.71 bits per heavy atom. The number of carbonyl (C=O) groups is 2. The predicted octanol–water partition coefficient (Wildman–Crippen LogP) is 2.56. The van der Waals surface area contributed by atoms with Gasteiger partial charge in [-0.25, -0.2) is 0 Å². The number of ketones is 2. The van der Waals surface area contributed by atoms with Gasteiger partial charge in [0.05, 0.1) is 5.76 Å². The molecule has 0 aromatic carbocycles. The van der Waals surface area contributed by atoms with Crippen LogP contribution in [0.5, 0.6) is 0 Å². The Bertz CT molecular complexity index is 217. The van der Waals surface area contributed by atoms with Crippen molar-refractivity contribution in [2.75, 3.05) is 0 Å². The third-order valence-corrected chi connectivity index (χ3v) is 1.82. The van der Waals surface area contributed by atoms with E-state index in [2.05, 4.69) is 0 Å². The Labute approximate surface area is 84.8 Å². The maximum atomic E-state index is 10.5. The highest BCUT2D eigenvalue weighted by atomic mass is 16.3. The van der Waals surface area contributed by atoms with Crippen LogP contribution >= 0.6 is 0 Å². The first kappa shape index (κ1) is 12.9. The third kappa shape index (κ3) is 8.97. The SMILES string of the molecule is CC(=O)/C=C(/C)O.O=C1CCCCC1. The number of allylic oxidation sites excluding steroid dienone is 2. The molecular weight excluding hydrogens is 180 g/mol. The molecule has 0 aliphatic heterocycles. The number of carbonyl (C=O) groups excluding carboxylic acids is 2. The van der Waals surface area contributed by atoms with Gasteiger partial charge in [0.25, 0.3) is 0 Å². The maximum absolute atomic E-state index is 10.5. The molecule has 80 valence electrons. The first-order valence-corrected chi connectivity index (χ1v) is 4.92. The standard InChI is InChI=1S/C6H10O.C5H8O2/c7-6-4-2-1-3-5-6;1-4(6)3-5(2)7/h1-5H2;3,6H,1-2H3/b;4-3-. The summed E-state index contributed by atoms with van der Waals surface area (Å²) in [6.45, 7) is 2.85. The lowest BCUT2D eigenvalue weighted by Crippen LogP contribution is -2.02. The number of aliphatic hydroxyl groups is 1. The number of hydrogen-bond donors (Lipinski definition) is 1. The molecule has 3 heteroatoms. The van der Waals surface area contributed by atoms with Crippen LogP contribution < -0.4 is 0 Å². The number of aliphatic hydroxyl groups excluding tert-OH is 1. The van der Waals surface area contributed by atoms with E-state index in [1.165, 1.54) is 26.3 Å². The Hall–Kier alpha value is -1.12. The van der Waals surface area contributed by atoms with Crippen molar-refractivity contribution in [2.45, 2.75) is 46.0 Å². The molecule has 1 saturated carbocycles. The molecule has 0 aromatic rings. The van der Waals surface area contributed by atoms with Crippen LogP contribution in [0.3, 0.4) is 0 Å². The van der Waals surface area contributed by atoms with Gasteiger partial charge in [0.1, 0.15) is 5.78 Å². The molecule has 0 radical (unpaired) electrons. The van der Waals surface area contributed by atoms with Crippen LogP contribution in [0.15, 0.2) is 11.8 Å². The average molecular weight is 198 g/mol. The van der Waals surface area contributed by atoms with Crippen molar-refractivity contribution in [3.05, 3.63) is 11.8 Å². The Morgan fingerprint density at radius 3 is 1.86 bits per heavy atom. The Morgan fingerprint density at radius 1 is 1.21 bits per heavy atom.